The normalized spacial score (nSPS) is 13.4. The molecule has 2 amide bonds. The van der Waals surface area contributed by atoms with Crippen LogP contribution < -0.4 is 11.1 Å². The summed E-state index contributed by atoms with van der Waals surface area (Å²) in [4.78, 5) is 25.2. The molecule has 0 aliphatic heterocycles. The number of amides is 2. The molecule has 0 bridgehead atoms. The van der Waals surface area contributed by atoms with Gasteiger partial charge in [0.2, 0.25) is 11.8 Å². The van der Waals surface area contributed by atoms with Crippen LogP contribution in [0.3, 0.4) is 0 Å². The molecule has 3 N–H and O–H groups in total. The van der Waals surface area contributed by atoms with Crippen molar-refractivity contribution < 1.29 is 9.59 Å². The third-order valence-corrected chi connectivity index (χ3v) is 5.56. The molecule has 1 aliphatic carbocycles. The second kappa shape index (κ2) is 8.31. The van der Waals surface area contributed by atoms with Gasteiger partial charge in [-0.25, -0.2) is 0 Å². The molecule has 0 spiro atoms. The number of hydrogen-bond donors (Lipinski definition) is 2. The summed E-state index contributed by atoms with van der Waals surface area (Å²) in [6, 6.07) is 25.3. The minimum Gasteiger partial charge on any atom is -0.368 e. The highest BCUT2D eigenvalue weighted by atomic mass is 16.2. The van der Waals surface area contributed by atoms with E-state index in [1.165, 1.54) is 5.56 Å². The summed E-state index contributed by atoms with van der Waals surface area (Å²) in [6.07, 6.45) is 2.14. The fourth-order valence-corrected chi connectivity index (χ4v) is 4.13. The van der Waals surface area contributed by atoms with Gasteiger partial charge in [0.25, 0.3) is 0 Å². The average molecular weight is 384 g/mol. The van der Waals surface area contributed by atoms with E-state index in [-0.39, 0.29) is 5.91 Å². The minimum absolute atomic E-state index is 0.175. The lowest BCUT2D eigenvalue weighted by Crippen LogP contribution is -2.46. The number of fused-ring (bicyclic) bond motifs is 3. The molecule has 0 heterocycles. The maximum atomic E-state index is 13.2. The lowest BCUT2D eigenvalue weighted by atomic mass is 9.95. The van der Waals surface area contributed by atoms with Crippen LogP contribution in [-0.4, -0.2) is 17.9 Å². The van der Waals surface area contributed by atoms with Crippen LogP contribution in [0.5, 0.6) is 0 Å². The number of rotatable bonds is 7. The van der Waals surface area contributed by atoms with Gasteiger partial charge >= 0.3 is 0 Å². The van der Waals surface area contributed by atoms with E-state index in [2.05, 4.69) is 17.4 Å². The molecule has 0 saturated carbocycles. The average Bonchev–Trinajstić information content (AvgIpc) is 3.08. The van der Waals surface area contributed by atoms with Crippen molar-refractivity contribution in [2.45, 2.75) is 31.2 Å². The molecule has 29 heavy (non-hydrogen) atoms. The van der Waals surface area contributed by atoms with E-state index in [4.69, 9.17) is 5.73 Å². The Kier molecular flexibility index (Phi) is 5.43. The molecule has 0 radical (unpaired) electrons. The number of aryl methyl sites for hydroxylation is 1. The molecule has 0 saturated heterocycles. The predicted octanol–water partition coefficient (Wildman–Crippen LogP) is 3.79. The first-order valence-electron chi connectivity index (χ1n) is 9.97. The van der Waals surface area contributed by atoms with Crippen molar-refractivity contribution in [1.82, 2.24) is 5.32 Å². The van der Waals surface area contributed by atoms with Gasteiger partial charge in [0.1, 0.15) is 6.04 Å². The van der Waals surface area contributed by atoms with Crippen molar-refractivity contribution in [3.8, 4) is 11.1 Å². The summed E-state index contributed by atoms with van der Waals surface area (Å²) in [7, 11) is 0. The minimum atomic E-state index is -0.675. The molecule has 1 atom stereocenters. The largest absolute Gasteiger partial charge is 0.368 e. The number of carbonyl (C=O) groups is 2. The smallest absolute Gasteiger partial charge is 0.240 e. The Bertz CT molecular complexity index is 984. The highest BCUT2D eigenvalue weighted by Crippen LogP contribution is 2.44. The zero-order valence-corrected chi connectivity index (χ0v) is 16.2. The topological polar surface area (TPSA) is 72.2 Å². The SMILES string of the molecule is NC(=O)[C@H](CCCc1ccccc1)NC(=O)C1c2ccccc2-c2ccccc21. The summed E-state index contributed by atoms with van der Waals surface area (Å²) in [5.41, 5.74) is 10.9. The summed E-state index contributed by atoms with van der Waals surface area (Å²) >= 11 is 0. The van der Waals surface area contributed by atoms with Crippen LogP contribution in [0, 0.1) is 0 Å². The third kappa shape index (κ3) is 3.92. The second-order valence-corrected chi connectivity index (χ2v) is 7.45. The fourth-order valence-electron chi connectivity index (χ4n) is 4.13. The van der Waals surface area contributed by atoms with Gasteiger partial charge < -0.3 is 11.1 Å². The van der Waals surface area contributed by atoms with Crippen molar-refractivity contribution in [2.24, 2.45) is 5.73 Å². The van der Waals surface area contributed by atoms with E-state index in [1.54, 1.807) is 0 Å². The Morgan fingerprint density at radius 2 is 1.38 bits per heavy atom. The Balaban J connectivity index is 1.49. The molecule has 1 aliphatic rings. The van der Waals surface area contributed by atoms with Crippen LogP contribution in [-0.2, 0) is 16.0 Å². The first-order valence-corrected chi connectivity index (χ1v) is 9.97. The molecule has 3 aromatic rings. The van der Waals surface area contributed by atoms with Gasteiger partial charge in [0.15, 0.2) is 0 Å². The van der Waals surface area contributed by atoms with Crippen molar-refractivity contribution in [3.63, 3.8) is 0 Å². The van der Waals surface area contributed by atoms with Crippen LogP contribution >= 0.6 is 0 Å². The van der Waals surface area contributed by atoms with Crippen LogP contribution in [0.25, 0.3) is 11.1 Å². The number of nitrogens with two attached hydrogens (primary N) is 1. The number of benzene rings is 3. The molecule has 4 heteroatoms. The molecular weight excluding hydrogens is 360 g/mol. The van der Waals surface area contributed by atoms with Gasteiger partial charge in [0.05, 0.1) is 5.92 Å². The van der Waals surface area contributed by atoms with E-state index in [9.17, 15) is 9.59 Å². The first-order chi connectivity index (χ1) is 14.1. The third-order valence-electron chi connectivity index (χ3n) is 5.56. The van der Waals surface area contributed by atoms with Crippen LogP contribution in [0.2, 0.25) is 0 Å². The zero-order valence-electron chi connectivity index (χ0n) is 16.2. The Labute approximate surface area is 170 Å². The van der Waals surface area contributed by atoms with Crippen molar-refractivity contribution in [3.05, 3.63) is 95.6 Å². The van der Waals surface area contributed by atoms with E-state index in [0.717, 1.165) is 35.1 Å². The van der Waals surface area contributed by atoms with Crippen molar-refractivity contribution in [2.75, 3.05) is 0 Å². The summed E-state index contributed by atoms with van der Waals surface area (Å²) in [5, 5.41) is 2.91. The van der Waals surface area contributed by atoms with Crippen LogP contribution in [0.15, 0.2) is 78.9 Å². The standard InChI is InChI=1S/C25H24N2O2/c26-24(28)22(16-8-11-17-9-2-1-3-10-17)27-25(29)23-20-14-6-4-12-18(20)19-13-5-7-15-21(19)23/h1-7,9-10,12-15,22-23H,8,11,16H2,(H2,26,28)(H,27,29)/t22-/m0/s1. The van der Waals surface area contributed by atoms with E-state index >= 15 is 0 Å². The lowest BCUT2D eigenvalue weighted by Gasteiger charge is -2.19. The van der Waals surface area contributed by atoms with E-state index in [1.807, 2.05) is 66.7 Å². The quantitative estimate of drug-likeness (QED) is 0.650. The molecular formula is C25H24N2O2. The highest BCUT2D eigenvalue weighted by molar-refractivity contribution is 5.98. The number of primary amides is 1. The Morgan fingerprint density at radius 1 is 0.828 bits per heavy atom. The molecule has 0 fully saturated rings. The predicted molar refractivity (Wildman–Crippen MR) is 114 cm³/mol. The fraction of sp³-hybridized carbons (Fsp3) is 0.200. The van der Waals surface area contributed by atoms with Crippen molar-refractivity contribution >= 4 is 11.8 Å². The maximum Gasteiger partial charge on any atom is 0.240 e. The molecule has 0 unspecified atom stereocenters. The highest BCUT2D eigenvalue weighted by Gasteiger charge is 2.34. The van der Waals surface area contributed by atoms with E-state index < -0.39 is 17.9 Å². The second-order valence-electron chi connectivity index (χ2n) is 7.45. The van der Waals surface area contributed by atoms with Gasteiger partial charge in [-0.05, 0) is 47.1 Å². The van der Waals surface area contributed by atoms with Gasteiger partial charge in [-0.15, -0.1) is 0 Å². The number of hydrogen-bond acceptors (Lipinski definition) is 2. The monoisotopic (exact) mass is 384 g/mol. The molecule has 146 valence electrons. The van der Waals surface area contributed by atoms with Gasteiger partial charge in [-0.2, -0.15) is 0 Å². The zero-order chi connectivity index (χ0) is 20.2. The maximum absolute atomic E-state index is 13.2. The molecule has 3 aromatic carbocycles. The first kappa shape index (κ1) is 18.9. The van der Waals surface area contributed by atoms with Gasteiger partial charge in [-0.1, -0.05) is 78.9 Å². The van der Waals surface area contributed by atoms with Gasteiger partial charge in [0, 0.05) is 0 Å². The molecule has 0 aromatic heterocycles. The Hall–Kier alpha value is -3.40. The Morgan fingerprint density at radius 3 is 1.97 bits per heavy atom. The molecule has 4 nitrogen and oxygen atoms in total. The summed E-state index contributed by atoms with van der Waals surface area (Å²) in [6.45, 7) is 0. The van der Waals surface area contributed by atoms with Crippen LogP contribution in [0.1, 0.15) is 35.4 Å². The van der Waals surface area contributed by atoms with Gasteiger partial charge in [-0.3, -0.25) is 9.59 Å². The molecule has 4 rings (SSSR count). The van der Waals surface area contributed by atoms with Crippen LogP contribution in [0.4, 0.5) is 0 Å². The van der Waals surface area contributed by atoms with Crippen molar-refractivity contribution in [1.29, 1.82) is 0 Å². The number of carbonyl (C=O) groups excluding carboxylic acids is 2. The number of nitrogens with one attached hydrogen (secondary N) is 1. The summed E-state index contributed by atoms with van der Waals surface area (Å²) < 4.78 is 0. The van der Waals surface area contributed by atoms with E-state index in [0.29, 0.717) is 6.42 Å². The lowest BCUT2D eigenvalue weighted by molar-refractivity contribution is -0.127. The summed E-state index contributed by atoms with van der Waals surface area (Å²) in [5.74, 6) is -1.09.